The smallest absolute Gasteiger partial charge is 0.262 e. The number of aromatic nitrogens is 2. The fraction of sp³-hybridized carbons (Fsp3) is 0.375. The van der Waals surface area contributed by atoms with E-state index in [1.165, 1.54) is 0 Å². The molecule has 0 saturated carbocycles. The third-order valence-electron chi connectivity index (χ3n) is 3.87. The predicted octanol–water partition coefficient (Wildman–Crippen LogP) is 1.17. The summed E-state index contributed by atoms with van der Waals surface area (Å²) < 4.78 is 10.7. The van der Waals surface area contributed by atoms with Crippen LogP contribution < -0.4 is 20.9 Å². The van der Waals surface area contributed by atoms with Crippen molar-refractivity contribution in [3.05, 3.63) is 34.1 Å². The van der Waals surface area contributed by atoms with Crippen LogP contribution in [0.3, 0.4) is 0 Å². The number of benzene rings is 1. The molecule has 0 radical (unpaired) electrons. The van der Waals surface area contributed by atoms with Crippen molar-refractivity contribution >= 4 is 11.8 Å². The summed E-state index contributed by atoms with van der Waals surface area (Å²) in [5.41, 5.74) is 7.81. The fourth-order valence-electron chi connectivity index (χ4n) is 2.68. The minimum absolute atomic E-state index is 0.194. The number of hydrogen-bond donors (Lipinski definition) is 2. The lowest BCUT2D eigenvalue weighted by Gasteiger charge is -2.27. The number of nitrogens with two attached hydrogens (primary N) is 1. The molecule has 0 spiro atoms. The zero-order valence-electron chi connectivity index (χ0n) is 13.3. The number of aromatic amines is 1. The lowest BCUT2D eigenvalue weighted by Crippen LogP contribution is -2.38. The SMILES string of the molecule is COc1ccc(C)cc1-c1c(N)nc(N2CCOCC2)[nH]c1=O. The highest BCUT2D eigenvalue weighted by Crippen LogP contribution is 2.31. The molecule has 2 aromatic rings. The molecule has 1 aromatic heterocycles. The molecular formula is C16H20N4O3. The van der Waals surface area contributed by atoms with E-state index in [4.69, 9.17) is 15.2 Å². The molecule has 1 aliphatic rings. The van der Waals surface area contributed by atoms with Gasteiger partial charge < -0.3 is 20.1 Å². The van der Waals surface area contributed by atoms with E-state index in [9.17, 15) is 4.79 Å². The van der Waals surface area contributed by atoms with Crippen molar-refractivity contribution in [2.75, 3.05) is 44.0 Å². The van der Waals surface area contributed by atoms with Crippen molar-refractivity contribution in [3.63, 3.8) is 0 Å². The van der Waals surface area contributed by atoms with Crippen molar-refractivity contribution in [1.29, 1.82) is 0 Å². The summed E-state index contributed by atoms with van der Waals surface area (Å²) in [6.07, 6.45) is 0. The average Bonchev–Trinajstić information content (AvgIpc) is 2.55. The second kappa shape index (κ2) is 6.29. The first-order valence-electron chi connectivity index (χ1n) is 7.47. The molecule has 23 heavy (non-hydrogen) atoms. The molecule has 1 fully saturated rings. The number of anilines is 2. The van der Waals surface area contributed by atoms with E-state index in [0.717, 1.165) is 5.56 Å². The standard InChI is InChI=1S/C16H20N4O3/c1-10-3-4-12(22-2)11(9-10)13-14(17)18-16(19-15(13)21)20-5-7-23-8-6-20/h3-4,9H,5-8H2,1-2H3,(H3,17,18,19,21). The molecule has 0 amide bonds. The van der Waals surface area contributed by atoms with Crippen molar-refractivity contribution in [3.8, 4) is 16.9 Å². The number of nitrogens with zero attached hydrogens (tertiary/aromatic N) is 2. The lowest BCUT2D eigenvalue weighted by molar-refractivity contribution is 0.122. The maximum atomic E-state index is 12.6. The first-order valence-corrected chi connectivity index (χ1v) is 7.47. The van der Waals surface area contributed by atoms with Crippen LogP contribution in [0.1, 0.15) is 5.56 Å². The minimum Gasteiger partial charge on any atom is -0.496 e. The Kier molecular flexibility index (Phi) is 4.20. The average molecular weight is 316 g/mol. The van der Waals surface area contributed by atoms with Crippen LogP contribution in [0.25, 0.3) is 11.1 Å². The zero-order valence-corrected chi connectivity index (χ0v) is 13.3. The molecule has 122 valence electrons. The first-order chi connectivity index (χ1) is 11.1. The van der Waals surface area contributed by atoms with Crippen LogP contribution in [0.15, 0.2) is 23.0 Å². The van der Waals surface area contributed by atoms with E-state index >= 15 is 0 Å². The van der Waals surface area contributed by atoms with Crippen molar-refractivity contribution in [1.82, 2.24) is 9.97 Å². The van der Waals surface area contributed by atoms with Crippen molar-refractivity contribution in [2.45, 2.75) is 6.92 Å². The van der Waals surface area contributed by atoms with E-state index < -0.39 is 0 Å². The molecule has 0 aliphatic carbocycles. The number of hydrogen-bond acceptors (Lipinski definition) is 6. The number of nitrogen functional groups attached to an aromatic ring is 1. The Bertz CT molecular complexity index is 766. The molecule has 3 rings (SSSR count). The number of nitrogens with one attached hydrogen (secondary N) is 1. The summed E-state index contributed by atoms with van der Waals surface area (Å²) in [5, 5.41) is 0. The van der Waals surface area contributed by atoms with Crippen LogP contribution in [-0.2, 0) is 4.74 Å². The summed E-state index contributed by atoms with van der Waals surface area (Å²) in [6, 6.07) is 5.61. The monoisotopic (exact) mass is 316 g/mol. The Hall–Kier alpha value is -2.54. The molecule has 1 aliphatic heterocycles. The minimum atomic E-state index is -0.275. The number of methoxy groups -OCH3 is 1. The van der Waals surface area contributed by atoms with Gasteiger partial charge in [0.25, 0.3) is 5.56 Å². The highest BCUT2D eigenvalue weighted by Gasteiger charge is 2.19. The van der Waals surface area contributed by atoms with Gasteiger partial charge in [-0.15, -0.1) is 0 Å². The topological polar surface area (TPSA) is 93.5 Å². The number of H-pyrrole nitrogens is 1. The first kappa shape index (κ1) is 15.4. The van der Waals surface area contributed by atoms with Gasteiger partial charge in [-0.05, 0) is 19.1 Å². The number of aryl methyl sites for hydroxylation is 1. The van der Waals surface area contributed by atoms with Gasteiger partial charge in [-0.25, -0.2) is 0 Å². The number of ether oxygens (including phenoxy) is 2. The van der Waals surface area contributed by atoms with E-state index in [1.807, 2.05) is 30.0 Å². The van der Waals surface area contributed by atoms with E-state index in [2.05, 4.69) is 9.97 Å². The highest BCUT2D eigenvalue weighted by atomic mass is 16.5. The van der Waals surface area contributed by atoms with Gasteiger partial charge in [-0.3, -0.25) is 9.78 Å². The summed E-state index contributed by atoms with van der Waals surface area (Å²) in [6.45, 7) is 4.52. The largest absolute Gasteiger partial charge is 0.496 e. The molecule has 0 atom stereocenters. The van der Waals surface area contributed by atoms with Gasteiger partial charge in [-0.2, -0.15) is 4.98 Å². The van der Waals surface area contributed by atoms with Gasteiger partial charge in [0, 0.05) is 18.7 Å². The van der Waals surface area contributed by atoms with Crippen molar-refractivity contribution < 1.29 is 9.47 Å². The van der Waals surface area contributed by atoms with Crippen LogP contribution in [0.4, 0.5) is 11.8 Å². The highest BCUT2D eigenvalue weighted by molar-refractivity contribution is 5.78. The fourth-order valence-corrected chi connectivity index (χ4v) is 2.68. The second-order valence-corrected chi connectivity index (χ2v) is 5.45. The van der Waals surface area contributed by atoms with Crippen LogP contribution in [0.5, 0.6) is 5.75 Å². The lowest BCUT2D eigenvalue weighted by atomic mass is 10.0. The van der Waals surface area contributed by atoms with Crippen LogP contribution in [0.2, 0.25) is 0 Å². The Morgan fingerprint density at radius 1 is 1.35 bits per heavy atom. The van der Waals surface area contributed by atoms with Gasteiger partial charge in [0.1, 0.15) is 11.6 Å². The van der Waals surface area contributed by atoms with E-state index in [0.29, 0.717) is 49.1 Å². The zero-order chi connectivity index (χ0) is 16.4. The molecule has 3 N–H and O–H groups in total. The third-order valence-corrected chi connectivity index (χ3v) is 3.87. The van der Waals surface area contributed by atoms with Gasteiger partial charge in [0.2, 0.25) is 5.95 Å². The molecule has 7 nitrogen and oxygen atoms in total. The number of rotatable bonds is 3. The molecule has 0 bridgehead atoms. The molecular weight excluding hydrogens is 296 g/mol. The van der Waals surface area contributed by atoms with Gasteiger partial charge >= 0.3 is 0 Å². The quantitative estimate of drug-likeness (QED) is 0.883. The maximum absolute atomic E-state index is 12.6. The van der Waals surface area contributed by atoms with Crippen molar-refractivity contribution in [2.24, 2.45) is 0 Å². The summed E-state index contributed by atoms with van der Waals surface area (Å²) in [4.78, 5) is 21.8. The van der Waals surface area contributed by atoms with Gasteiger partial charge in [0.05, 0.1) is 25.9 Å². The molecule has 1 saturated heterocycles. The predicted molar refractivity (Wildman–Crippen MR) is 89.0 cm³/mol. The van der Waals surface area contributed by atoms with E-state index in [1.54, 1.807) is 7.11 Å². The van der Waals surface area contributed by atoms with Crippen LogP contribution in [0, 0.1) is 6.92 Å². The maximum Gasteiger partial charge on any atom is 0.262 e. The number of morpholine rings is 1. The summed E-state index contributed by atoms with van der Waals surface area (Å²) in [7, 11) is 1.56. The molecule has 1 aromatic carbocycles. The van der Waals surface area contributed by atoms with Crippen LogP contribution in [-0.4, -0.2) is 43.4 Å². The van der Waals surface area contributed by atoms with E-state index in [-0.39, 0.29) is 11.4 Å². The Balaban J connectivity index is 2.08. The molecule has 0 unspecified atom stereocenters. The third kappa shape index (κ3) is 3.00. The Morgan fingerprint density at radius 2 is 2.09 bits per heavy atom. The summed E-state index contributed by atoms with van der Waals surface area (Å²) >= 11 is 0. The normalized spacial score (nSPS) is 14.8. The molecule has 2 heterocycles. The van der Waals surface area contributed by atoms with Gasteiger partial charge in [0.15, 0.2) is 0 Å². The second-order valence-electron chi connectivity index (χ2n) is 5.45. The Labute approximate surface area is 134 Å². The van der Waals surface area contributed by atoms with Gasteiger partial charge in [-0.1, -0.05) is 11.6 Å². The summed E-state index contributed by atoms with van der Waals surface area (Å²) in [5.74, 6) is 1.26. The Morgan fingerprint density at radius 3 is 2.74 bits per heavy atom. The van der Waals surface area contributed by atoms with Crippen LogP contribution >= 0.6 is 0 Å². The molecule has 7 heteroatoms.